The number of nitrogens with one attached hydrogen (secondary N) is 1. The number of carbonyl (C=O) groups excluding carboxylic acids is 1. The van der Waals surface area contributed by atoms with Crippen molar-refractivity contribution in [3.05, 3.63) is 29.8 Å². The first kappa shape index (κ1) is 10.0. The van der Waals surface area contributed by atoms with Crippen LogP contribution in [0.15, 0.2) is 24.3 Å². The van der Waals surface area contributed by atoms with Gasteiger partial charge in [0.15, 0.2) is 6.61 Å². The molecule has 0 aliphatic heterocycles. The Balaban J connectivity index is 1.78. The van der Waals surface area contributed by atoms with Crippen LogP contribution in [0.2, 0.25) is 0 Å². The molecule has 1 aliphatic rings. The van der Waals surface area contributed by atoms with Crippen LogP contribution in [0.1, 0.15) is 18.4 Å². The molecule has 0 unspecified atom stereocenters. The summed E-state index contributed by atoms with van der Waals surface area (Å²) in [5.74, 6) is 0.722. The normalized spacial score (nSPS) is 14.7. The molecule has 1 aromatic carbocycles. The van der Waals surface area contributed by atoms with Gasteiger partial charge in [-0.2, -0.15) is 0 Å². The summed E-state index contributed by atoms with van der Waals surface area (Å²) in [6.45, 7) is 2.11. The molecule has 2 rings (SSSR count). The van der Waals surface area contributed by atoms with Crippen LogP contribution in [0.25, 0.3) is 0 Å². The molecule has 1 amide bonds. The van der Waals surface area contributed by atoms with Gasteiger partial charge in [0.05, 0.1) is 0 Å². The van der Waals surface area contributed by atoms with Gasteiger partial charge in [-0.05, 0) is 37.5 Å². The van der Waals surface area contributed by atoms with E-state index in [0.717, 1.165) is 24.2 Å². The third-order valence-electron chi connectivity index (χ3n) is 2.30. The molecule has 1 N–H and O–H groups in total. The van der Waals surface area contributed by atoms with Crippen LogP contribution in [-0.2, 0) is 4.79 Å². The van der Waals surface area contributed by atoms with Crippen LogP contribution in [0.3, 0.4) is 0 Å². The Kier molecular flexibility index (Phi) is 2.90. The zero-order valence-electron chi connectivity index (χ0n) is 8.82. The third-order valence-corrected chi connectivity index (χ3v) is 2.30. The predicted octanol–water partition coefficient (Wildman–Crippen LogP) is 1.65. The molecule has 15 heavy (non-hydrogen) atoms. The molecule has 1 saturated carbocycles. The molecule has 0 aromatic heterocycles. The van der Waals surface area contributed by atoms with Gasteiger partial charge in [0.2, 0.25) is 0 Å². The van der Waals surface area contributed by atoms with E-state index >= 15 is 0 Å². The number of hydrogen-bond acceptors (Lipinski definition) is 2. The first-order valence-corrected chi connectivity index (χ1v) is 5.23. The van der Waals surface area contributed by atoms with E-state index in [1.54, 1.807) is 0 Å². The lowest BCUT2D eigenvalue weighted by atomic mass is 10.2. The number of benzene rings is 1. The summed E-state index contributed by atoms with van der Waals surface area (Å²) in [6.07, 6.45) is 2.21. The summed E-state index contributed by atoms with van der Waals surface area (Å²) in [7, 11) is 0. The highest BCUT2D eigenvalue weighted by atomic mass is 16.5. The van der Waals surface area contributed by atoms with Crippen molar-refractivity contribution in [2.24, 2.45) is 0 Å². The molecule has 3 heteroatoms. The van der Waals surface area contributed by atoms with Crippen LogP contribution in [0, 0.1) is 6.92 Å². The van der Waals surface area contributed by atoms with Gasteiger partial charge in [-0.25, -0.2) is 0 Å². The summed E-state index contributed by atoms with van der Waals surface area (Å²) in [5, 5.41) is 2.87. The van der Waals surface area contributed by atoms with Crippen molar-refractivity contribution in [1.29, 1.82) is 0 Å². The highest BCUT2D eigenvalue weighted by molar-refractivity contribution is 5.78. The fourth-order valence-electron chi connectivity index (χ4n) is 1.35. The van der Waals surface area contributed by atoms with Gasteiger partial charge < -0.3 is 10.1 Å². The van der Waals surface area contributed by atoms with Gasteiger partial charge in [-0.3, -0.25) is 4.79 Å². The van der Waals surface area contributed by atoms with E-state index in [2.05, 4.69) is 5.32 Å². The number of ether oxygens (including phenoxy) is 1. The maximum atomic E-state index is 11.3. The van der Waals surface area contributed by atoms with Crippen LogP contribution in [0.5, 0.6) is 5.75 Å². The lowest BCUT2D eigenvalue weighted by Crippen LogP contribution is -2.30. The van der Waals surface area contributed by atoms with E-state index in [0.29, 0.717) is 6.04 Å². The molecule has 0 spiro atoms. The smallest absolute Gasteiger partial charge is 0.258 e. The fraction of sp³-hybridized carbons (Fsp3) is 0.417. The maximum absolute atomic E-state index is 11.3. The standard InChI is InChI=1S/C12H15NO2/c1-9-3-2-4-11(7-9)15-8-12(14)13-10-5-6-10/h2-4,7,10H,5-6,8H2,1H3,(H,13,14). The van der Waals surface area contributed by atoms with E-state index in [1.807, 2.05) is 31.2 Å². The number of carbonyl (C=O) groups is 1. The number of hydrogen-bond donors (Lipinski definition) is 1. The average molecular weight is 205 g/mol. The SMILES string of the molecule is Cc1cccc(OCC(=O)NC2CC2)c1. The maximum Gasteiger partial charge on any atom is 0.258 e. The second-order valence-corrected chi connectivity index (χ2v) is 3.95. The molecule has 0 bridgehead atoms. The Hall–Kier alpha value is -1.51. The van der Waals surface area contributed by atoms with E-state index < -0.39 is 0 Å². The summed E-state index contributed by atoms with van der Waals surface area (Å²) < 4.78 is 5.37. The van der Waals surface area contributed by atoms with E-state index in [-0.39, 0.29) is 12.5 Å². The molecule has 0 heterocycles. The second kappa shape index (κ2) is 4.34. The number of aryl methyl sites for hydroxylation is 1. The summed E-state index contributed by atoms with van der Waals surface area (Å²) in [4.78, 5) is 11.3. The minimum Gasteiger partial charge on any atom is -0.484 e. The van der Waals surface area contributed by atoms with E-state index in [4.69, 9.17) is 4.74 Å². The Morgan fingerprint density at radius 3 is 3.00 bits per heavy atom. The average Bonchev–Trinajstić information content (AvgIpc) is 2.99. The third kappa shape index (κ3) is 3.27. The minimum absolute atomic E-state index is 0.0287. The van der Waals surface area contributed by atoms with Gasteiger partial charge in [-0.15, -0.1) is 0 Å². The lowest BCUT2D eigenvalue weighted by Gasteiger charge is -2.06. The first-order valence-electron chi connectivity index (χ1n) is 5.23. The molecule has 3 nitrogen and oxygen atoms in total. The Morgan fingerprint density at radius 1 is 1.53 bits per heavy atom. The highest BCUT2D eigenvalue weighted by Crippen LogP contribution is 2.18. The number of rotatable bonds is 4. The van der Waals surface area contributed by atoms with Gasteiger partial charge >= 0.3 is 0 Å². The molecule has 0 atom stereocenters. The minimum atomic E-state index is -0.0287. The van der Waals surface area contributed by atoms with Gasteiger partial charge in [0.1, 0.15) is 5.75 Å². The van der Waals surface area contributed by atoms with Crippen molar-refractivity contribution in [3.63, 3.8) is 0 Å². The summed E-state index contributed by atoms with van der Waals surface area (Å²) in [6, 6.07) is 8.10. The van der Waals surface area contributed by atoms with E-state index in [9.17, 15) is 4.79 Å². The van der Waals surface area contributed by atoms with E-state index in [1.165, 1.54) is 0 Å². The quantitative estimate of drug-likeness (QED) is 0.811. The predicted molar refractivity (Wildman–Crippen MR) is 57.8 cm³/mol. The van der Waals surface area contributed by atoms with Crippen LogP contribution in [0.4, 0.5) is 0 Å². The largest absolute Gasteiger partial charge is 0.484 e. The van der Waals surface area contributed by atoms with Crippen molar-refractivity contribution in [3.8, 4) is 5.75 Å². The lowest BCUT2D eigenvalue weighted by molar-refractivity contribution is -0.123. The van der Waals surface area contributed by atoms with Crippen LogP contribution in [-0.4, -0.2) is 18.6 Å². The second-order valence-electron chi connectivity index (χ2n) is 3.95. The highest BCUT2D eigenvalue weighted by Gasteiger charge is 2.23. The number of amides is 1. The topological polar surface area (TPSA) is 38.3 Å². The van der Waals surface area contributed by atoms with Crippen LogP contribution >= 0.6 is 0 Å². The molecule has 1 aliphatic carbocycles. The van der Waals surface area contributed by atoms with Crippen molar-refractivity contribution >= 4 is 5.91 Å². The Morgan fingerprint density at radius 2 is 2.33 bits per heavy atom. The molecule has 1 aromatic rings. The van der Waals surface area contributed by atoms with Gasteiger partial charge in [-0.1, -0.05) is 12.1 Å². The monoisotopic (exact) mass is 205 g/mol. The molecular weight excluding hydrogens is 190 g/mol. The van der Waals surface area contributed by atoms with Gasteiger partial charge in [0.25, 0.3) is 5.91 Å². The zero-order chi connectivity index (χ0) is 10.7. The molecule has 0 radical (unpaired) electrons. The zero-order valence-corrected chi connectivity index (χ0v) is 8.82. The fourth-order valence-corrected chi connectivity index (χ4v) is 1.35. The first-order chi connectivity index (χ1) is 7.24. The van der Waals surface area contributed by atoms with Crippen molar-refractivity contribution < 1.29 is 9.53 Å². The summed E-state index contributed by atoms with van der Waals surface area (Å²) >= 11 is 0. The van der Waals surface area contributed by atoms with Crippen molar-refractivity contribution in [1.82, 2.24) is 5.32 Å². The molecular formula is C12H15NO2. The van der Waals surface area contributed by atoms with Crippen molar-refractivity contribution in [2.75, 3.05) is 6.61 Å². The molecule has 0 saturated heterocycles. The molecule has 1 fully saturated rings. The molecule has 80 valence electrons. The van der Waals surface area contributed by atoms with Crippen molar-refractivity contribution in [2.45, 2.75) is 25.8 Å². The van der Waals surface area contributed by atoms with Crippen LogP contribution < -0.4 is 10.1 Å². The summed E-state index contributed by atoms with van der Waals surface area (Å²) in [5.41, 5.74) is 1.13. The Labute approximate surface area is 89.4 Å². The Bertz CT molecular complexity index is 358. The van der Waals surface area contributed by atoms with Gasteiger partial charge in [0, 0.05) is 6.04 Å².